The molecular weight excluding hydrogens is 358 g/mol. The van der Waals surface area contributed by atoms with Crippen LogP contribution in [0, 0.1) is 10.1 Å². The van der Waals surface area contributed by atoms with E-state index in [1.165, 1.54) is 17.7 Å². The Balaban J connectivity index is 1.43. The van der Waals surface area contributed by atoms with E-state index in [1.807, 2.05) is 29.2 Å². The third kappa shape index (κ3) is 5.07. The highest BCUT2D eigenvalue weighted by Gasteiger charge is 2.22. The van der Waals surface area contributed by atoms with Crippen molar-refractivity contribution in [3.63, 3.8) is 0 Å². The van der Waals surface area contributed by atoms with Crippen molar-refractivity contribution in [3.05, 3.63) is 69.8 Å². The van der Waals surface area contributed by atoms with Crippen LogP contribution < -0.4 is 4.74 Å². The number of hydrogen-bond donors (Lipinski definition) is 0. The molecule has 3 rings (SSSR count). The average molecular weight is 383 g/mol. The van der Waals surface area contributed by atoms with E-state index in [2.05, 4.69) is 11.8 Å². The number of benzene rings is 2. The first-order valence-electron chi connectivity index (χ1n) is 9.54. The monoisotopic (exact) mass is 383 g/mol. The van der Waals surface area contributed by atoms with Gasteiger partial charge >= 0.3 is 0 Å². The van der Waals surface area contributed by atoms with E-state index in [4.69, 9.17) is 4.74 Å². The van der Waals surface area contributed by atoms with Crippen LogP contribution >= 0.6 is 0 Å². The van der Waals surface area contributed by atoms with Crippen LogP contribution in [0.25, 0.3) is 0 Å². The molecule has 0 N–H and O–H groups in total. The Morgan fingerprint density at radius 2 is 1.82 bits per heavy atom. The zero-order chi connectivity index (χ0) is 19.9. The summed E-state index contributed by atoms with van der Waals surface area (Å²) in [4.78, 5) is 27.1. The summed E-state index contributed by atoms with van der Waals surface area (Å²) in [6, 6.07) is 14.0. The Morgan fingerprint density at radius 1 is 1.11 bits per heavy atom. The van der Waals surface area contributed by atoms with Crippen molar-refractivity contribution in [2.24, 2.45) is 0 Å². The third-order valence-corrected chi connectivity index (χ3v) is 4.97. The molecule has 0 atom stereocenters. The molecule has 1 aliphatic rings. The van der Waals surface area contributed by atoms with Gasteiger partial charge in [0.15, 0.2) is 0 Å². The number of hydrogen-bond acceptors (Lipinski definition) is 5. The van der Waals surface area contributed by atoms with Gasteiger partial charge in [0.2, 0.25) is 0 Å². The van der Waals surface area contributed by atoms with Crippen LogP contribution in [0.4, 0.5) is 5.69 Å². The largest absolute Gasteiger partial charge is 0.492 e. The topological polar surface area (TPSA) is 75.9 Å². The molecule has 2 aromatic carbocycles. The van der Waals surface area contributed by atoms with Gasteiger partial charge in [-0.3, -0.25) is 19.8 Å². The molecular formula is C21H25N3O4. The van der Waals surface area contributed by atoms with Gasteiger partial charge in [-0.15, -0.1) is 0 Å². The predicted octanol–water partition coefficient (Wildman–Crippen LogP) is 2.99. The van der Waals surface area contributed by atoms with Crippen LogP contribution in [0.5, 0.6) is 5.75 Å². The third-order valence-electron chi connectivity index (χ3n) is 4.97. The lowest BCUT2D eigenvalue weighted by Gasteiger charge is -2.34. The number of aryl methyl sites for hydroxylation is 1. The number of nitro groups is 1. The number of carbonyl (C=O) groups is 1. The summed E-state index contributed by atoms with van der Waals surface area (Å²) in [7, 11) is 0. The van der Waals surface area contributed by atoms with Crippen molar-refractivity contribution < 1.29 is 14.5 Å². The molecule has 2 aromatic rings. The van der Waals surface area contributed by atoms with Crippen molar-refractivity contribution in [2.45, 2.75) is 13.3 Å². The first-order chi connectivity index (χ1) is 13.6. The Kier molecular flexibility index (Phi) is 6.60. The van der Waals surface area contributed by atoms with Gasteiger partial charge in [0.05, 0.1) is 11.0 Å². The molecule has 0 aliphatic carbocycles. The molecule has 7 heteroatoms. The predicted molar refractivity (Wildman–Crippen MR) is 107 cm³/mol. The van der Waals surface area contributed by atoms with Gasteiger partial charge in [0.1, 0.15) is 12.4 Å². The number of nitrogens with zero attached hydrogens (tertiary/aromatic N) is 3. The van der Waals surface area contributed by atoms with Crippen LogP contribution in [-0.4, -0.2) is 60.0 Å². The smallest absolute Gasteiger partial charge is 0.273 e. The molecule has 1 heterocycles. The SMILES string of the molecule is CCc1ccc(C(=O)N2CCN(CCOc3cccc([N+](=O)[O-])c3)CC2)cc1. The van der Waals surface area contributed by atoms with Crippen LogP contribution in [0.3, 0.4) is 0 Å². The lowest BCUT2D eigenvalue weighted by atomic mass is 10.1. The minimum absolute atomic E-state index is 0.0246. The summed E-state index contributed by atoms with van der Waals surface area (Å²) >= 11 is 0. The Hall–Kier alpha value is -2.93. The summed E-state index contributed by atoms with van der Waals surface area (Å²) in [6.45, 7) is 6.22. The molecule has 0 saturated carbocycles. The van der Waals surface area contributed by atoms with Crippen LogP contribution in [0.2, 0.25) is 0 Å². The highest BCUT2D eigenvalue weighted by atomic mass is 16.6. The van der Waals surface area contributed by atoms with Gasteiger partial charge < -0.3 is 9.64 Å². The maximum absolute atomic E-state index is 12.6. The maximum atomic E-state index is 12.6. The minimum atomic E-state index is -0.432. The van der Waals surface area contributed by atoms with E-state index in [-0.39, 0.29) is 11.6 Å². The number of amides is 1. The summed E-state index contributed by atoms with van der Waals surface area (Å²) in [5.74, 6) is 0.577. The molecule has 0 radical (unpaired) electrons. The number of non-ortho nitro benzene ring substituents is 1. The fourth-order valence-corrected chi connectivity index (χ4v) is 3.22. The van der Waals surface area contributed by atoms with Crippen LogP contribution in [0.15, 0.2) is 48.5 Å². The molecule has 1 aliphatic heterocycles. The highest BCUT2D eigenvalue weighted by molar-refractivity contribution is 5.94. The first-order valence-corrected chi connectivity index (χ1v) is 9.54. The summed E-state index contributed by atoms with van der Waals surface area (Å²) in [6.07, 6.45) is 0.964. The molecule has 1 fully saturated rings. The number of rotatable bonds is 7. The highest BCUT2D eigenvalue weighted by Crippen LogP contribution is 2.19. The van der Waals surface area contributed by atoms with E-state index >= 15 is 0 Å². The second kappa shape index (κ2) is 9.32. The van der Waals surface area contributed by atoms with Crippen molar-refractivity contribution in [3.8, 4) is 5.75 Å². The quantitative estimate of drug-likeness (QED) is 0.543. The number of piperazine rings is 1. The molecule has 0 bridgehead atoms. The minimum Gasteiger partial charge on any atom is -0.492 e. The van der Waals surface area contributed by atoms with Crippen LogP contribution in [0.1, 0.15) is 22.8 Å². The number of ether oxygens (including phenoxy) is 1. The fourth-order valence-electron chi connectivity index (χ4n) is 3.22. The first kappa shape index (κ1) is 19.8. The van der Waals surface area contributed by atoms with Crippen molar-refractivity contribution in [2.75, 3.05) is 39.3 Å². The van der Waals surface area contributed by atoms with Crippen molar-refractivity contribution in [1.82, 2.24) is 9.80 Å². The second-order valence-corrected chi connectivity index (χ2v) is 6.79. The number of nitro benzene ring substituents is 1. The zero-order valence-electron chi connectivity index (χ0n) is 16.0. The van der Waals surface area contributed by atoms with Gasteiger partial charge in [-0.05, 0) is 30.2 Å². The van der Waals surface area contributed by atoms with Gasteiger partial charge in [0.25, 0.3) is 11.6 Å². The molecule has 0 spiro atoms. The van der Waals surface area contributed by atoms with Gasteiger partial charge in [-0.1, -0.05) is 25.1 Å². The molecule has 148 valence electrons. The molecule has 1 amide bonds. The summed E-state index contributed by atoms with van der Waals surface area (Å²) < 4.78 is 5.64. The van der Waals surface area contributed by atoms with Crippen molar-refractivity contribution in [1.29, 1.82) is 0 Å². The maximum Gasteiger partial charge on any atom is 0.273 e. The molecule has 0 unspecified atom stereocenters. The van der Waals surface area contributed by atoms with Gasteiger partial charge in [-0.25, -0.2) is 0 Å². The van der Waals surface area contributed by atoms with Crippen LogP contribution in [-0.2, 0) is 6.42 Å². The summed E-state index contributed by atoms with van der Waals surface area (Å²) in [5.41, 5.74) is 1.99. The van der Waals surface area contributed by atoms with E-state index < -0.39 is 4.92 Å². The Labute approximate surface area is 164 Å². The zero-order valence-corrected chi connectivity index (χ0v) is 16.0. The molecule has 0 aromatic heterocycles. The van der Waals surface area contributed by atoms with Gasteiger partial charge in [0, 0.05) is 44.4 Å². The Morgan fingerprint density at radius 3 is 2.46 bits per heavy atom. The van der Waals surface area contributed by atoms with E-state index in [1.54, 1.807) is 12.1 Å². The molecule has 28 heavy (non-hydrogen) atoms. The average Bonchev–Trinajstić information content (AvgIpc) is 2.74. The molecule has 7 nitrogen and oxygen atoms in total. The lowest BCUT2D eigenvalue weighted by molar-refractivity contribution is -0.384. The fraction of sp³-hybridized carbons (Fsp3) is 0.381. The Bertz CT molecular complexity index is 815. The standard InChI is InChI=1S/C21H25N3O4/c1-2-17-6-8-18(9-7-17)21(25)23-12-10-22(11-13-23)14-15-28-20-5-3-4-19(16-20)24(26)27/h3-9,16H,2,10-15H2,1H3. The van der Waals surface area contributed by atoms with E-state index in [9.17, 15) is 14.9 Å². The molecule has 1 saturated heterocycles. The van der Waals surface area contributed by atoms with E-state index in [0.29, 0.717) is 25.4 Å². The number of carbonyl (C=O) groups excluding carboxylic acids is 1. The normalized spacial score (nSPS) is 14.7. The second-order valence-electron chi connectivity index (χ2n) is 6.79. The van der Waals surface area contributed by atoms with Gasteiger partial charge in [-0.2, -0.15) is 0 Å². The summed E-state index contributed by atoms with van der Waals surface area (Å²) in [5, 5.41) is 10.8. The van der Waals surface area contributed by atoms with Crippen molar-refractivity contribution >= 4 is 11.6 Å². The van der Waals surface area contributed by atoms with E-state index in [0.717, 1.165) is 31.6 Å². The lowest BCUT2D eigenvalue weighted by Crippen LogP contribution is -2.49.